The predicted octanol–water partition coefficient (Wildman–Crippen LogP) is 6.97. The smallest absolute Gasteiger partial charge is 0.313 e. The molecule has 2 aliphatic rings. The van der Waals surface area contributed by atoms with Crippen molar-refractivity contribution in [3.05, 3.63) is 63.4 Å². The molecule has 2 fully saturated rings. The summed E-state index contributed by atoms with van der Waals surface area (Å²) in [6.45, 7) is 1.34. The van der Waals surface area contributed by atoms with Crippen LogP contribution in [0.3, 0.4) is 0 Å². The van der Waals surface area contributed by atoms with E-state index in [1.807, 2.05) is 0 Å². The van der Waals surface area contributed by atoms with Crippen molar-refractivity contribution in [2.24, 2.45) is 0 Å². The number of likely N-dealkylation sites (tertiary alicyclic amines) is 1. The molecule has 41 heavy (non-hydrogen) atoms. The summed E-state index contributed by atoms with van der Waals surface area (Å²) >= 11 is 12.6. The van der Waals surface area contributed by atoms with E-state index in [1.54, 1.807) is 15.5 Å². The van der Waals surface area contributed by atoms with Gasteiger partial charge in [-0.25, -0.2) is 13.8 Å². The Bertz CT molecular complexity index is 1610. The van der Waals surface area contributed by atoms with Crippen LogP contribution in [-0.2, 0) is 11.2 Å². The van der Waals surface area contributed by atoms with Crippen LogP contribution in [0.15, 0.2) is 34.7 Å². The Morgan fingerprint density at radius 3 is 2.39 bits per heavy atom. The Kier molecular flexibility index (Phi) is 7.70. The molecule has 1 aliphatic heterocycles. The Morgan fingerprint density at radius 2 is 1.76 bits per heavy atom. The monoisotopic (exact) mass is 600 g/mol. The third-order valence-corrected chi connectivity index (χ3v) is 8.47. The minimum absolute atomic E-state index is 0.0206. The first kappa shape index (κ1) is 27.7. The third kappa shape index (κ3) is 5.30. The fourth-order valence-electron chi connectivity index (χ4n) is 5.67. The van der Waals surface area contributed by atoms with Gasteiger partial charge in [0.1, 0.15) is 11.6 Å². The molecule has 0 bridgehead atoms. The van der Waals surface area contributed by atoms with Gasteiger partial charge in [0.2, 0.25) is 5.91 Å². The van der Waals surface area contributed by atoms with Crippen molar-refractivity contribution < 1.29 is 18.0 Å². The zero-order valence-corrected chi connectivity index (χ0v) is 23.7. The highest BCUT2D eigenvalue weighted by molar-refractivity contribution is 6.31. The minimum atomic E-state index is -0.695. The Hall–Kier alpha value is -3.50. The van der Waals surface area contributed by atoms with Gasteiger partial charge < -0.3 is 15.1 Å². The quantitative estimate of drug-likeness (QED) is 0.240. The third-order valence-electron chi connectivity index (χ3n) is 7.89. The predicted molar refractivity (Wildman–Crippen MR) is 152 cm³/mol. The van der Waals surface area contributed by atoms with Gasteiger partial charge in [0.25, 0.3) is 5.89 Å². The first-order valence-electron chi connectivity index (χ1n) is 13.7. The molecule has 1 saturated carbocycles. The number of amides is 1. The second-order valence-corrected chi connectivity index (χ2v) is 11.4. The highest BCUT2D eigenvalue weighted by Gasteiger charge is 2.33. The molecule has 8 nitrogen and oxygen atoms in total. The molecule has 3 heterocycles. The molecule has 4 aromatic rings. The number of benzene rings is 2. The standard InChI is InChI=1S/C29H28Cl2F2N6O2/c30-19-10-8-18(15-22(40)38-12-5-13-38)25(23(19)33)39-26(17-9-11-21(32)20(31)14-17)24(28-36-37-29(34)41-28)35-27(39)16-6-3-1-2-4-7-16/h8-11,14,16H,1-7,12-13,15H2,(H2,34,37). The van der Waals surface area contributed by atoms with Gasteiger partial charge in [-0.2, -0.15) is 0 Å². The number of hydrogen-bond donors (Lipinski definition) is 1. The molecule has 1 amide bonds. The van der Waals surface area contributed by atoms with Gasteiger partial charge in [-0.05, 0) is 49.1 Å². The van der Waals surface area contributed by atoms with E-state index in [0.29, 0.717) is 35.7 Å². The zero-order chi connectivity index (χ0) is 28.7. The van der Waals surface area contributed by atoms with E-state index in [-0.39, 0.29) is 51.6 Å². The first-order chi connectivity index (χ1) is 19.8. The summed E-state index contributed by atoms with van der Waals surface area (Å²) in [6.07, 6.45) is 6.71. The van der Waals surface area contributed by atoms with Crippen LogP contribution in [0.2, 0.25) is 10.0 Å². The largest absolute Gasteiger partial charge is 0.402 e. The average Bonchev–Trinajstić information content (AvgIpc) is 3.40. The van der Waals surface area contributed by atoms with E-state index < -0.39 is 11.6 Å². The number of aromatic nitrogens is 4. The topological polar surface area (TPSA) is 103 Å². The average molecular weight is 601 g/mol. The van der Waals surface area contributed by atoms with Crippen LogP contribution in [-0.4, -0.2) is 43.6 Å². The lowest BCUT2D eigenvalue weighted by molar-refractivity contribution is -0.133. The van der Waals surface area contributed by atoms with Gasteiger partial charge in [-0.1, -0.05) is 60.1 Å². The van der Waals surface area contributed by atoms with E-state index in [1.165, 1.54) is 24.3 Å². The Morgan fingerprint density at radius 1 is 1.00 bits per heavy atom. The van der Waals surface area contributed by atoms with Crippen LogP contribution < -0.4 is 5.73 Å². The molecule has 0 spiro atoms. The summed E-state index contributed by atoms with van der Waals surface area (Å²) in [5.41, 5.74) is 7.36. The zero-order valence-electron chi connectivity index (χ0n) is 22.2. The van der Waals surface area contributed by atoms with Gasteiger partial charge in [0.15, 0.2) is 11.5 Å². The molecule has 1 saturated heterocycles. The van der Waals surface area contributed by atoms with Crippen molar-refractivity contribution in [2.45, 2.75) is 57.3 Å². The van der Waals surface area contributed by atoms with E-state index in [2.05, 4.69) is 10.2 Å². The van der Waals surface area contributed by atoms with E-state index in [4.69, 9.17) is 38.3 Å². The molecule has 2 aromatic carbocycles. The lowest BCUT2D eigenvalue weighted by Crippen LogP contribution is -2.43. The molecule has 0 unspecified atom stereocenters. The number of nitrogen functional groups attached to an aromatic ring is 1. The first-order valence-corrected chi connectivity index (χ1v) is 14.5. The second kappa shape index (κ2) is 11.4. The minimum Gasteiger partial charge on any atom is -0.402 e. The molecule has 214 valence electrons. The van der Waals surface area contributed by atoms with Crippen molar-refractivity contribution in [1.29, 1.82) is 0 Å². The maximum atomic E-state index is 16.3. The second-order valence-electron chi connectivity index (χ2n) is 10.5. The summed E-state index contributed by atoms with van der Waals surface area (Å²) in [5.74, 6) is -0.868. The van der Waals surface area contributed by atoms with E-state index >= 15 is 4.39 Å². The number of hydrogen-bond acceptors (Lipinski definition) is 6. The maximum absolute atomic E-state index is 16.3. The molecule has 12 heteroatoms. The summed E-state index contributed by atoms with van der Waals surface area (Å²) in [6, 6.07) is 7.16. The summed E-state index contributed by atoms with van der Waals surface area (Å²) in [4.78, 5) is 19.8. The normalized spacial score (nSPS) is 16.0. The van der Waals surface area contributed by atoms with E-state index in [9.17, 15) is 9.18 Å². The SMILES string of the molecule is Nc1nnc(-c2nc(C3CCCCCC3)n(-c3c(CC(=O)N4CCC4)ccc(Cl)c3F)c2-c2ccc(F)c(Cl)c2)o1. The Labute approximate surface area is 245 Å². The fraction of sp³-hybridized carbons (Fsp3) is 0.379. The van der Waals surface area contributed by atoms with Crippen molar-refractivity contribution in [3.63, 3.8) is 0 Å². The lowest BCUT2D eigenvalue weighted by Gasteiger charge is -2.31. The van der Waals surface area contributed by atoms with Crippen LogP contribution in [0.1, 0.15) is 62.3 Å². The van der Waals surface area contributed by atoms with Gasteiger partial charge in [-0.15, -0.1) is 5.10 Å². The van der Waals surface area contributed by atoms with Gasteiger partial charge in [0, 0.05) is 24.6 Å². The van der Waals surface area contributed by atoms with Crippen molar-refractivity contribution in [1.82, 2.24) is 24.6 Å². The highest BCUT2D eigenvalue weighted by atomic mass is 35.5. The van der Waals surface area contributed by atoms with Crippen molar-refractivity contribution in [2.75, 3.05) is 18.8 Å². The van der Waals surface area contributed by atoms with Crippen molar-refractivity contribution >= 4 is 35.1 Å². The number of rotatable bonds is 6. The molecule has 0 atom stereocenters. The van der Waals surface area contributed by atoms with Gasteiger partial charge in [-0.3, -0.25) is 9.36 Å². The van der Waals surface area contributed by atoms with Crippen molar-refractivity contribution in [3.8, 4) is 28.5 Å². The molecular formula is C29H28Cl2F2N6O2. The molecule has 1 aliphatic carbocycles. The van der Waals surface area contributed by atoms with Gasteiger partial charge >= 0.3 is 6.01 Å². The summed E-state index contributed by atoms with van der Waals surface area (Å²) in [5, 5.41) is 7.65. The number of nitrogens with two attached hydrogens (primary N) is 1. The summed E-state index contributed by atoms with van der Waals surface area (Å²) in [7, 11) is 0. The lowest BCUT2D eigenvalue weighted by atomic mass is 9.98. The Balaban J connectivity index is 1.66. The maximum Gasteiger partial charge on any atom is 0.313 e. The highest BCUT2D eigenvalue weighted by Crippen LogP contribution is 2.43. The van der Waals surface area contributed by atoms with Gasteiger partial charge in [0.05, 0.1) is 27.8 Å². The van der Waals surface area contributed by atoms with Crippen LogP contribution in [0.4, 0.5) is 14.8 Å². The molecule has 2 N–H and O–H groups in total. The molecular weight excluding hydrogens is 573 g/mol. The molecule has 0 radical (unpaired) electrons. The number of nitrogens with zero attached hydrogens (tertiary/aromatic N) is 5. The van der Waals surface area contributed by atoms with E-state index in [0.717, 1.165) is 44.9 Å². The summed E-state index contributed by atoms with van der Waals surface area (Å²) < 4.78 is 37.9. The van der Waals surface area contributed by atoms with Crippen LogP contribution in [0.25, 0.3) is 28.5 Å². The number of imidazole rings is 1. The number of carbonyl (C=O) groups is 1. The van der Waals surface area contributed by atoms with Crippen LogP contribution in [0.5, 0.6) is 0 Å². The van der Waals surface area contributed by atoms with Crippen LogP contribution >= 0.6 is 23.2 Å². The van der Waals surface area contributed by atoms with Crippen LogP contribution in [0, 0.1) is 11.6 Å². The number of halogens is 4. The molecule has 2 aromatic heterocycles. The fourth-order valence-corrected chi connectivity index (χ4v) is 6.00. The number of carbonyl (C=O) groups excluding carboxylic acids is 1. The number of anilines is 1. The molecule has 6 rings (SSSR count).